The highest BCUT2D eigenvalue weighted by atomic mass is 32.1. The number of nitrogen functional groups attached to an aromatic ring is 1. The number of thiophene rings is 1. The SMILES string of the molecule is Nc1csc2nc(-c3ccco3)cc(C(F)(F)F)c12. The highest BCUT2D eigenvalue weighted by Gasteiger charge is 2.35. The maximum absolute atomic E-state index is 13.1. The number of nitrogens with zero attached hydrogens (tertiary/aromatic N) is 1. The van der Waals surface area contributed by atoms with E-state index in [0.717, 1.165) is 17.4 Å². The van der Waals surface area contributed by atoms with Crippen LogP contribution < -0.4 is 5.73 Å². The van der Waals surface area contributed by atoms with Crippen LogP contribution >= 0.6 is 11.3 Å². The predicted octanol–water partition coefficient (Wildman–Crippen LogP) is 4.16. The second-order valence-electron chi connectivity index (χ2n) is 3.90. The molecule has 0 aliphatic heterocycles. The summed E-state index contributed by atoms with van der Waals surface area (Å²) in [5.74, 6) is 0.291. The molecule has 19 heavy (non-hydrogen) atoms. The van der Waals surface area contributed by atoms with Gasteiger partial charge in [0.15, 0.2) is 5.76 Å². The van der Waals surface area contributed by atoms with E-state index in [1.165, 1.54) is 11.6 Å². The summed E-state index contributed by atoms with van der Waals surface area (Å²) in [7, 11) is 0. The van der Waals surface area contributed by atoms with Crippen LogP contribution in [0, 0.1) is 0 Å². The maximum atomic E-state index is 13.1. The van der Waals surface area contributed by atoms with Crippen molar-refractivity contribution in [2.45, 2.75) is 6.18 Å². The summed E-state index contributed by atoms with van der Waals surface area (Å²) in [6, 6.07) is 4.12. The first kappa shape index (κ1) is 12.0. The Kier molecular flexibility index (Phi) is 2.53. The number of alkyl halides is 3. The Bertz CT molecular complexity index is 731. The van der Waals surface area contributed by atoms with E-state index < -0.39 is 11.7 Å². The van der Waals surface area contributed by atoms with Crippen molar-refractivity contribution in [3.63, 3.8) is 0 Å². The lowest BCUT2D eigenvalue weighted by atomic mass is 10.1. The van der Waals surface area contributed by atoms with Crippen molar-refractivity contribution in [1.29, 1.82) is 0 Å². The van der Waals surface area contributed by atoms with Gasteiger partial charge in [-0.25, -0.2) is 4.98 Å². The van der Waals surface area contributed by atoms with Gasteiger partial charge in [0.1, 0.15) is 10.5 Å². The summed E-state index contributed by atoms with van der Waals surface area (Å²) in [6.07, 6.45) is -3.10. The molecule has 0 aliphatic carbocycles. The highest BCUT2D eigenvalue weighted by molar-refractivity contribution is 7.17. The van der Waals surface area contributed by atoms with Gasteiger partial charge in [-0.05, 0) is 18.2 Å². The van der Waals surface area contributed by atoms with Gasteiger partial charge >= 0.3 is 6.18 Å². The quantitative estimate of drug-likeness (QED) is 0.730. The van der Waals surface area contributed by atoms with E-state index in [0.29, 0.717) is 5.76 Å². The summed E-state index contributed by atoms with van der Waals surface area (Å²) >= 11 is 1.08. The van der Waals surface area contributed by atoms with Gasteiger partial charge in [-0.3, -0.25) is 0 Å². The number of aromatic nitrogens is 1. The van der Waals surface area contributed by atoms with E-state index in [-0.39, 0.29) is 21.6 Å². The number of hydrogen-bond acceptors (Lipinski definition) is 4. The lowest BCUT2D eigenvalue weighted by Gasteiger charge is -2.10. The normalized spacial score (nSPS) is 12.2. The van der Waals surface area contributed by atoms with E-state index in [1.807, 2.05) is 0 Å². The van der Waals surface area contributed by atoms with Crippen molar-refractivity contribution in [3.8, 4) is 11.5 Å². The molecular formula is C12H7F3N2OS. The van der Waals surface area contributed by atoms with Crippen molar-refractivity contribution in [2.75, 3.05) is 5.73 Å². The molecule has 0 radical (unpaired) electrons. The smallest absolute Gasteiger partial charge is 0.417 e. The molecule has 3 heterocycles. The molecule has 0 amide bonds. The van der Waals surface area contributed by atoms with Crippen LogP contribution in [0.4, 0.5) is 18.9 Å². The number of rotatable bonds is 1. The third-order valence-electron chi connectivity index (χ3n) is 2.65. The Morgan fingerprint density at radius 1 is 1.32 bits per heavy atom. The molecule has 7 heteroatoms. The summed E-state index contributed by atoms with van der Waals surface area (Å²) in [6.45, 7) is 0. The van der Waals surface area contributed by atoms with Crippen LogP contribution in [0.3, 0.4) is 0 Å². The average Bonchev–Trinajstić information content (AvgIpc) is 2.97. The molecule has 0 aromatic carbocycles. The van der Waals surface area contributed by atoms with Gasteiger partial charge in [-0.2, -0.15) is 13.2 Å². The molecule has 3 aromatic rings. The van der Waals surface area contributed by atoms with Crippen molar-refractivity contribution in [1.82, 2.24) is 4.98 Å². The largest absolute Gasteiger partial charge is 0.463 e. The zero-order valence-electron chi connectivity index (χ0n) is 9.36. The summed E-state index contributed by atoms with van der Waals surface area (Å²) in [4.78, 5) is 4.41. The van der Waals surface area contributed by atoms with Crippen LogP contribution in [-0.4, -0.2) is 4.98 Å². The minimum atomic E-state index is -4.49. The fraction of sp³-hybridized carbons (Fsp3) is 0.0833. The maximum Gasteiger partial charge on any atom is 0.417 e. The molecule has 3 aromatic heterocycles. The fourth-order valence-corrected chi connectivity index (χ4v) is 2.69. The van der Waals surface area contributed by atoms with Crippen molar-refractivity contribution < 1.29 is 17.6 Å². The molecule has 3 nitrogen and oxygen atoms in total. The number of hydrogen-bond donors (Lipinski definition) is 1. The lowest BCUT2D eigenvalue weighted by molar-refractivity contribution is -0.136. The molecule has 0 aliphatic rings. The lowest BCUT2D eigenvalue weighted by Crippen LogP contribution is -2.07. The second-order valence-corrected chi connectivity index (χ2v) is 4.76. The highest BCUT2D eigenvalue weighted by Crippen LogP contribution is 2.41. The van der Waals surface area contributed by atoms with Gasteiger partial charge in [-0.1, -0.05) is 0 Å². The van der Waals surface area contributed by atoms with Gasteiger partial charge in [0, 0.05) is 10.8 Å². The Hall–Kier alpha value is -2.02. The Morgan fingerprint density at radius 2 is 2.11 bits per heavy atom. The van der Waals surface area contributed by atoms with E-state index in [4.69, 9.17) is 10.2 Å². The van der Waals surface area contributed by atoms with Gasteiger partial charge in [0.25, 0.3) is 0 Å². The number of furan rings is 1. The zero-order valence-corrected chi connectivity index (χ0v) is 10.2. The molecular weight excluding hydrogens is 277 g/mol. The van der Waals surface area contributed by atoms with Crippen LogP contribution in [0.15, 0.2) is 34.3 Å². The molecule has 0 fully saturated rings. The molecule has 0 saturated heterocycles. The van der Waals surface area contributed by atoms with Crippen LogP contribution in [0.25, 0.3) is 21.7 Å². The zero-order chi connectivity index (χ0) is 13.6. The van der Waals surface area contributed by atoms with Crippen LogP contribution in [0.1, 0.15) is 5.56 Å². The van der Waals surface area contributed by atoms with Gasteiger partial charge in [0.2, 0.25) is 0 Å². The number of nitrogens with two attached hydrogens (primary N) is 1. The third-order valence-corrected chi connectivity index (χ3v) is 3.54. The van der Waals surface area contributed by atoms with Gasteiger partial charge in [0.05, 0.1) is 17.5 Å². The molecule has 0 unspecified atom stereocenters. The predicted molar refractivity (Wildman–Crippen MR) is 66.7 cm³/mol. The number of fused-ring (bicyclic) bond motifs is 1. The standard InChI is InChI=1S/C12H7F3N2OS/c13-12(14,15)6-4-8(9-2-1-3-18-9)17-11-10(6)7(16)5-19-11/h1-5H,16H2. The van der Waals surface area contributed by atoms with Crippen molar-refractivity contribution in [2.24, 2.45) is 0 Å². The van der Waals surface area contributed by atoms with Crippen LogP contribution in [0.2, 0.25) is 0 Å². The van der Waals surface area contributed by atoms with Crippen LogP contribution in [-0.2, 0) is 6.18 Å². The first-order valence-corrected chi connectivity index (χ1v) is 6.13. The molecule has 3 rings (SSSR count). The first-order chi connectivity index (χ1) is 8.97. The number of pyridine rings is 1. The van der Waals surface area contributed by atoms with Crippen molar-refractivity contribution >= 4 is 27.2 Å². The fourth-order valence-electron chi connectivity index (χ4n) is 1.84. The monoisotopic (exact) mass is 284 g/mol. The Labute approximate surface area is 109 Å². The van der Waals surface area contributed by atoms with E-state index in [2.05, 4.69) is 4.98 Å². The van der Waals surface area contributed by atoms with Gasteiger partial charge < -0.3 is 10.2 Å². The molecule has 0 bridgehead atoms. The average molecular weight is 284 g/mol. The van der Waals surface area contributed by atoms with Crippen LogP contribution in [0.5, 0.6) is 0 Å². The second kappa shape index (κ2) is 3.99. The Morgan fingerprint density at radius 3 is 2.74 bits per heavy atom. The molecule has 98 valence electrons. The van der Waals surface area contributed by atoms with E-state index in [9.17, 15) is 13.2 Å². The molecule has 0 spiro atoms. The van der Waals surface area contributed by atoms with Crippen molar-refractivity contribution in [3.05, 3.63) is 35.4 Å². The summed E-state index contributed by atoms with van der Waals surface area (Å²) in [5.41, 5.74) is 5.03. The number of halogens is 3. The Balaban J connectivity index is 2.34. The third kappa shape index (κ3) is 1.95. The molecule has 0 atom stereocenters. The summed E-state index contributed by atoms with van der Waals surface area (Å²) < 4.78 is 44.3. The minimum Gasteiger partial charge on any atom is -0.463 e. The minimum absolute atomic E-state index is 0.0483. The summed E-state index contributed by atoms with van der Waals surface area (Å²) in [5, 5.41) is 1.41. The van der Waals surface area contributed by atoms with E-state index >= 15 is 0 Å². The topological polar surface area (TPSA) is 52.0 Å². The number of anilines is 1. The molecule has 2 N–H and O–H groups in total. The molecule has 0 saturated carbocycles. The van der Waals surface area contributed by atoms with Gasteiger partial charge in [-0.15, -0.1) is 11.3 Å². The van der Waals surface area contributed by atoms with E-state index in [1.54, 1.807) is 12.1 Å². The first-order valence-electron chi connectivity index (χ1n) is 5.25.